The van der Waals surface area contributed by atoms with Gasteiger partial charge in [-0.2, -0.15) is 13.2 Å². The van der Waals surface area contributed by atoms with E-state index in [-0.39, 0.29) is 12.0 Å². The van der Waals surface area contributed by atoms with Crippen LogP contribution in [0, 0.1) is 12.3 Å². The van der Waals surface area contributed by atoms with Gasteiger partial charge in [-0.05, 0) is 12.1 Å². The number of nitrogens with one attached hydrogen (secondary N) is 1. The van der Waals surface area contributed by atoms with E-state index in [1.54, 1.807) is 0 Å². The lowest BCUT2D eigenvalue weighted by Crippen LogP contribution is -2.40. The number of alkyl halides is 3. The molecule has 1 amide bonds. The number of hydrogen-bond donors (Lipinski definition) is 2. The van der Waals surface area contributed by atoms with Crippen LogP contribution in [0.1, 0.15) is 22.5 Å². The number of carbonyl (C=O) groups is 2. The smallest absolute Gasteiger partial charge is 0.433 e. The fourth-order valence-electron chi connectivity index (χ4n) is 1.26. The van der Waals surface area contributed by atoms with Crippen LogP contribution in [-0.4, -0.2) is 28.0 Å². The summed E-state index contributed by atoms with van der Waals surface area (Å²) in [5.74, 6) is -0.129. The molecule has 0 aromatic carbocycles. The van der Waals surface area contributed by atoms with E-state index in [2.05, 4.69) is 16.2 Å². The molecule has 106 valence electrons. The van der Waals surface area contributed by atoms with Crippen molar-refractivity contribution in [1.82, 2.24) is 10.3 Å². The molecule has 1 unspecified atom stereocenters. The van der Waals surface area contributed by atoms with Gasteiger partial charge in [-0.3, -0.25) is 9.78 Å². The molecule has 0 aliphatic heterocycles. The zero-order valence-corrected chi connectivity index (χ0v) is 9.94. The number of hydrogen-bond acceptors (Lipinski definition) is 3. The molecule has 5 nitrogen and oxygen atoms in total. The van der Waals surface area contributed by atoms with Gasteiger partial charge in [0.05, 0.1) is 5.56 Å². The molecule has 0 saturated carbocycles. The van der Waals surface area contributed by atoms with Crippen molar-refractivity contribution >= 4 is 11.9 Å². The molecule has 0 bridgehead atoms. The number of carbonyl (C=O) groups excluding carboxylic acids is 1. The van der Waals surface area contributed by atoms with E-state index < -0.39 is 29.8 Å². The quantitative estimate of drug-likeness (QED) is 0.818. The number of aliphatic carboxylic acids is 1. The molecule has 0 fully saturated rings. The van der Waals surface area contributed by atoms with E-state index >= 15 is 0 Å². The minimum atomic E-state index is -4.61. The first-order valence-electron chi connectivity index (χ1n) is 5.26. The number of terminal acetylenes is 1. The number of amides is 1. The average Bonchev–Trinajstić information content (AvgIpc) is 2.37. The summed E-state index contributed by atoms with van der Waals surface area (Å²) in [6.07, 6.45) is 0.813. The van der Waals surface area contributed by atoms with Gasteiger partial charge in [-0.1, -0.05) is 0 Å². The molecule has 1 aromatic heterocycles. The lowest BCUT2D eigenvalue weighted by atomic mass is 10.2. The molecule has 0 aliphatic carbocycles. The summed E-state index contributed by atoms with van der Waals surface area (Å²) >= 11 is 0. The summed E-state index contributed by atoms with van der Waals surface area (Å²) in [5.41, 5.74) is -1.34. The predicted molar refractivity (Wildman–Crippen MR) is 61.6 cm³/mol. The molecule has 2 N–H and O–H groups in total. The van der Waals surface area contributed by atoms with Gasteiger partial charge in [0.15, 0.2) is 0 Å². The Kier molecular flexibility index (Phi) is 4.69. The third-order valence-electron chi connectivity index (χ3n) is 2.24. The molecule has 1 aromatic rings. The lowest BCUT2D eigenvalue weighted by molar-refractivity contribution is -0.141. The highest BCUT2D eigenvalue weighted by molar-refractivity contribution is 5.96. The Labute approximate surface area is 111 Å². The standard InChI is InChI=1S/C12H9F3N2O3/c1-2-3-8(11(19)20)17-10(18)7-4-5-9(16-6-7)12(13,14)15/h1,4-6,8H,3H2,(H,17,18)(H,19,20). The van der Waals surface area contributed by atoms with E-state index in [1.807, 2.05) is 0 Å². The maximum absolute atomic E-state index is 12.3. The predicted octanol–water partition coefficient (Wildman–Crippen LogP) is 1.31. The van der Waals surface area contributed by atoms with Crippen LogP contribution in [0.15, 0.2) is 18.3 Å². The van der Waals surface area contributed by atoms with Gasteiger partial charge in [0.1, 0.15) is 11.7 Å². The van der Waals surface area contributed by atoms with Crippen LogP contribution in [0.2, 0.25) is 0 Å². The normalized spacial score (nSPS) is 12.3. The SMILES string of the molecule is C#CCC(NC(=O)c1ccc(C(F)(F)F)nc1)C(=O)O. The number of aromatic nitrogens is 1. The third kappa shape index (κ3) is 3.98. The number of rotatable bonds is 4. The lowest BCUT2D eigenvalue weighted by Gasteiger charge is -2.12. The van der Waals surface area contributed by atoms with E-state index in [1.165, 1.54) is 0 Å². The van der Waals surface area contributed by atoms with Crippen molar-refractivity contribution in [2.45, 2.75) is 18.6 Å². The second kappa shape index (κ2) is 6.06. The zero-order valence-electron chi connectivity index (χ0n) is 9.94. The number of nitrogens with zero attached hydrogens (tertiary/aromatic N) is 1. The minimum Gasteiger partial charge on any atom is -0.480 e. The van der Waals surface area contributed by atoms with Gasteiger partial charge in [0.25, 0.3) is 5.91 Å². The Morgan fingerprint density at radius 1 is 1.45 bits per heavy atom. The van der Waals surface area contributed by atoms with Gasteiger partial charge < -0.3 is 10.4 Å². The summed E-state index contributed by atoms with van der Waals surface area (Å²) in [6.45, 7) is 0. The number of pyridine rings is 1. The highest BCUT2D eigenvalue weighted by atomic mass is 19.4. The average molecular weight is 286 g/mol. The zero-order chi connectivity index (χ0) is 15.3. The largest absolute Gasteiger partial charge is 0.480 e. The van der Waals surface area contributed by atoms with E-state index in [0.717, 1.165) is 6.07 Å². The molecule has 0 radical (unpaired) electrons. The maximum Gasteiger partial charge on any atom is 0.433 e. The first-order chi connectivity index (χ1) is 9.25. The minimum absolute atomic E-state index is 0.193. The fraction of sp³-hybridized carbons (Fsp3) is 0.250. The summed E-state index contributed by atoms with van der Waals surface area (Å²) < 4.78 is 36.8. The number of halogens is 3. The van der Waals surface area contributed by atoms with Crippen molar-refractivity contribution in [1.29, 1.82) is 0 Å². The highest BCUT2D eigenvalue weighted by Gasteiger charge is 2.32. The number of carboxylic acids is 1. The first kappa shape index (κ1) is 15.5. The van der Waals surface area contributed by atoms with Crippen LogP contribution >= 0.6 is 0 Å². The van der Waals surface area contributed by atoms with Crippen molar-refractivity contribution in [3.8, 4) is 12.3 Å². The summed E-state index contributed by atoms with van der Waals surface area (Å²) in [5, 5.41) is 10.9. The Balaban J connectivity index is 2.83. The molecular formula is C12H9F3N2O3. The molecule has 20 heavy (non-hydrogen) atoms. The fourth-order valence-corrected chi connectivity index (χ4v) is 1.26. The Hall–Kier alpha value is -2.56. The van der Waals surface area contributed by atoms with E-state index in [9.17, 15) is 22.8 Å². The molecule has 8 heteroatoms. The van der Waals surface area contributed by atoms with Gasteiger partial charge in [-0.25, -0.2) is 4.79 Å². The van der Waals surface area contributed by atoms with Gasteiger partial charge in [0, 0.05) is 12.6 Å². The summed E-state index contributed by atoms with van der Waals surface area (Å²) in [7, 11) is 0. The van der Waals surface area contributed by atoms with Crippen LogP contribution in [0.5, 0.6) is 0 Å². The van der Waals surface area contributed by atoms with Crippen LogP contribution < -0.4 is 5.32 Å². The van der Waals surface area contributed by atoms with Crippen LogP contribution in [0.4, 0.5) is 13.2 Å². The van der Waals surface area contributed by atoms with Crippen molar-refractivity contribution in [3.63, 3.8) is 0 Å². The number of carboxylic acid groups (broad SMARTS) is 1. The summed E-state index contributed by atoms with van der Waals surface area (Å²) in [6, 6.07) is 0.223. The molecule has 0 spiro atoms. The second-order valence-corrected chi connectivity index (χ2v) is 3.70. The maximum atomic E-state index is 12.3. The highest BCUT2D eigenvalue weighted by Crippen LogP contribution is 2.27. The van der Waals surface area contributed by atoms with Crippen LogP contribution in [0.25, 0.3) is 0 Å². The molecule has 0 aliphatic rings. The van der Waals surface area contributed by atoms with Crippen molar-refractivity contribution in [3.05, 3.63) is 29.6 Å². The Morgan fingerprint density at radius 2 is 2.10 bits per heavy atom. The van der Waals surface area contributed by atoms with Crippen LogP contribution in [0.3, 0.4) is 0 Å². The topological polar surface area (TPSA) is 79.3 Å². The molecule has 1 heterocycles. The van der Waals surface area contributed by atoms with Crippen molar-refractivity contribution < 1.29 is 27.9 Å². The Morgan fingerprint density at radius 3 is 2.50 bits per heavy atom. The van der Waals surface area contributed by atoms with Gasteiger partial charge in [0.2, 0.25) is 0 Å². The molecule has 0 saturated heterocycles. The van der Waals surface area contributed by atoms with E-state index in [0.29, 0.717) is 12.3 Å². The third-order valence-corrected chi connectivity index (χ3v) is 2.24. The summed E-state index contributed by atoms with van der Waals surface area (Å²) in [4.78, 5) is 25.5. The Bertz CT molecular complexity index is 547. The molecular weight excluding hydrogens is 277 g/mol. The van der Waals surface area contributed by atoms with Gasteiger partial charge in [-0.15, -0.1) is 12.3 Å². The first-order valence-corrected chi connectivity index (χ1v) is 5.26. The van der Waals surface area contributed by atoms with E-state index in [4.69, 9.17) is 11.5 Å². The van der Waals surface area contributed by atoms with Gasteiger partial charge >= 0.3 is 12.1 Å². The monoisotopic (exact) mass is 286 g/mol. The van der Waals surface area contributed by atoms with Crippen molar-refractivity contribution in [2.24, 2.45) is 0 Å². The molecule has 1 rings (SSSR count). The van der Waals surface area contributed by atoms with Crippen LogP contribution in [-0.2, 0) is 11.0 Å². The van der Waals surface area contributed by atoms with Crippen molar-refractivity contribution in [2.75, 3.05) is 0 Å². The second-order valence-electron chi connectivity index (χ2n) is 3.70. The molecule has 1 atom stereocenters.